The molecule has 5 nitrogen and oxygen atoms in total. The summed E-state index contributed by atoms with van der Waals surface area (Å²) in [5, 5.41) is 11.2. The van der Waals surface area contributed by atoms with Gasteiger partial charge in [0.1, 0.15) is 9.71 Å². The Morgan fingerprint density at radius 2 is 2.04 bits per heavy atom. The number of hydrogen-bond acceptors (Lipinski definition) is 5. The predicted octanol–water partition coefficient (Wildman–Crippen LogP) is 2.56. The molecule has 23 heavy (non-hydrogen) atoms. The number of fused-ring (bicyclic) bond motifs is 1. The zero-order valence-electron chi connectivity index (χ0n) is 12.6. The van der Waals surface area contributed by atoms with Gasteiger partial charge >= 0.3 is 0 Å². The van der Waals surface area contributed by atoms with Gasteiger partial charge in [0.25, 0.3) is 5.91 Å². The summed E-state index contributed by atoms with van der Waals surface area (Å²) in [4.78, 5) is 16.9. The molecule has 2 aromatic heterocycles. The third kappa shape index (κ3) is 2.91. The number of carbonyl (C=O) groups is 1. The van der Waals surface area contributed by atoms with E-state index in [9.17, 15) is 9.90 Å². The molecule has 1 amide bonds. The maximum absolute atomic E-state index is 11.5. The maximum atomic E-state index is 11.5. The highest BCUT2D eigenvalue weighted by atomic mass is 32.1. The number of anilines is 1. The number of aliphatic hydroxyl groups is 1. The first-order chi connectivity index (χ1) is 11.0. The van der Waals surface area contributed by atoms with Gasteiger partial charge in [0.05, 0.1) is 11.8 Å². The Morgan fingerprint density at radius 1 is 1.35 bits per heavy atom. The van der Waals surface area contributed by atoms with E-state index < -0.39 is 12.0 Å². The number of aromatic nitrogens is 1. The fraction of sp³-hybridized carbons (Fsp3) is 0.176. The Bertz CT molecular complexity index is 874. The molecule has 0 spiro atoms. The van der Waals surface area contributed by atoms with Gasteiger partial charge in [-0.25, -0.2) is 4.98 Å². The molecule has 0 aliphatic heterocycles. The molecule has 0 bridgehead atoms. The van der Waals surface area contributed by atoms with E-state index in [-0.39, 0.29) is 0 Å². The van der Waals surface area contributed by atoms with Crippen molar-refractivity contribution in [1.82, 2.24) is 4.98 Å². The quantitative estimate of drug-likeness (QED) is 0.685. The highest BCUT2D eigenvalue weighted by molar-refractivity contribution is 7.21. The minimum Gasteiger partial charge on any atom is -0.397 e. The van der Waals surface area contributed by atoms with E-state index in [1.165, 1.54) is 11.3 Å². The van der Waals surface area contributed by atoms with Crippen LogP contribution in [-0.4, -0.2) is 16.0 Å². The second-order valence-corrected chi connectivity index (χ2v) is 6.44. The third-order valence-electron chi connectivity index (χ3n) is 3.73. The standard InChI is InChI=1S/C17H17N3O2S/c1-9-7-11(8-12(21)10-5-3-2-4-6-10)13-14(18)15(16(19)22)23-17(13)20-9/h2-7,12,21H,8,18H2,1H3,(H2,19,22). The van der Waals surface area contributed by atoms with Crippen molar-refractivity contribution in [2.24, 2.45) is 5.73 Å². The van der Waals surface area contributed by atoms with Crippen LogP contribution < -0.4 is 11.5 Å². The molecule has 3 aromatic rings. The summed E-state index contributed by atoms with van der Waals surface area (Å²) in [5.74, 6) is -0.558. The van der Waals surface area contributed by atoms with Crippen molar-refractivity contribution in [2.45, 2.75) is 19.4 Å². The number of primary amides is 1. The van der Waals surface area contributed by atoms with Gasteiger partial charge in [0, 0.05) is 17.5 Å². The first-order valence-corrected chi connectivity index (χ1v) is 8.00. The van der Waals surface area contributed by atoms with Gasteiger partial charge in [-0.15, -0.1) is 11.3 Å². The fourth-order valence-electron chi connectivity index (χ4n) is 2.68. The van der Waals surface area contributed by atoms with E-state index in [1.54, 1.807) is 0 Å². The van der Waals surface area contributed by atoms with Crippen LogP contribution >= 0.6 is 11.3 Å². The molecule has 0 radical (unpaired) electrons. The zero-order valence-corrected chi connectivity index (χ0v) is 13.4. The van der Waals surface area contributed by atoms with E-state index in [0.29, 0.717) is 27.2 Å². The van der Waals surface area contributed by atoms with Gasteiger partial charge in [-0.2, -0.15) is 0 Å². The molecule has 0 fully saturated rings. The zero-order chi connectivity index (χ0) is 16.6. The van der Waals surface area contributed by atoms with Crippen molar-refractivity contribution in [2.75, 3.05) is 5.73 Å². The number of rotatable bonds is 4. The molecule has 0 saturated carbocycles. The Balaban J connectivity index is 2.08. The molecule has 1 atom stereocenters. The van der Waals surface area contributed by atoms with Gasteiger partial charge in [0.15, 0.2) is 0 Å². The summed E-state index contributed by atoms with van der Waals surface area (Å²) >= 11 is 1.19. The second-order valence-electron chi connectivity index (χ2n) is 5.44. The molecular weight excluding hydrogens is 310 g/mol. The Hall–Kier alpha value is -2.44. The lowest BCUT2D eigenvalue weighted by atomic mass is 9.99. The molecule has 1 unspecified atom stereocenters. The third-order valence-corrected chi connectivity index (χ3v) is 4.84. The van der Waals surface area contributed by atoms with Crippen LogP contribution in [-0.2, 0) is 6.42 Å². The lowest BCUT2D eigenvalue weighted by Crippen LogP contribution is -2.11. The van der Waals surface area contributed by atoms with Crippen LogP contribution in [0, 0.1) is 6.92 Å². The number of aryl methyl sites for hydroxylation is 1. The summed E-state index contributed by atoms with van der Waals surface area (Å²) in [5.41, 5.74) is 14.3. The summed E-state index contributed by atoms with van der Waals surface area (Å²) in [7, 11) is 0. The lowest BCUT2D eigenvalue weighted by Gasteiger charge is -2.13. The van der Waals surface area contributed by atoms with Crippen LogP contribution in [0.2, 0.25) is 0 Å². The molecular formula is C17H17N3O2S. The molecule has 1 aromatic carbocycles. The molecule has 0 aliphatic rings. The Labute approximate surface area is 137 Å². The van der Waals surface area contributed by atoms with Gasteiger partial charge < -0.3 is 16.6 Å². The molecule has 5 N–H and O–H groups in total. The first-order valence-electron chi connectivity index (χ1n) is 7.18. The number of nitrogens with two attached hydrogens (primary N) is 2. The highest BCUT2D eigenvalue weighted by Crippen LogP contribution is 2.36. The van der Waals surface area contributed by atoms with Crippen molar-refractivity contribution in [3.05, 3.63) is 58.1 Å². The summed E-state index contributed by atoms with van der Waals surface area (Å²) in [6.45, 7) is 1.87. The van der Waals surface area contributed by atoms with Crippen LogP contribution in [0.5, 0.6) is 0 Å². The molecule has 6 heteroatoms. The number of benzene rings is 1. The van der Waals surface area contributed by atoms with E-state index >= 15 is 0 Å². The van der Waals surface area contributed by atoms with Gasteiger partial charge in [-0.3, -0.25) is 4.79 Å². The second kappa shape index (κ2) is 5.98. The molecule has 3 rings (SSSR count). The number of nitrogens with zero attached hydrogens (tertiary/aromatic N) is 1. The lowest BCUT2D eigenvalue weighted by molar-refractivity contribution is 0.100. The largest absolute Gasteiger partial charge is 0.397 e. The normalized spacial score (nSPS) is 12.4. The number of nitrogen functional groups attached to an aromatic ring is 1. The minimum absolute atomic E-state index is 0.313. The number of pyridine rings is 1. The van der Waals surface area contributed by atoms with E-state index in [0.717, 1.165) is 16.8 Å². The maximum Gasteiger partial charge on any atom is 0.260 e. The van der Waals surface area contributed by atoms with Gasteiger partial charge in [-0.05, 0) is 24.1 Å². The number of aliphatic hydroxyl groups excluding tert-OH is 1. The summed E-state index contributed by atoms with van der Waals surface area (Å²) in [6.07, 6.45) is -0.263. The van der Waals surface area contributed by atoms with Crippen LogP contribution in [0.15, 0.2) is 36.4 Å². The average Bonchev–Trinajstić information content (AvgIpc) is 2.85. The summed E-state index contributed by atoms with van der Waals surface area (Å²) in [6, 6.07) is 11.3. The van der Waals surface area contributed by atoms with Crippen molar-refractivity contribution in [3.8, 4) is 0 Å². The number of amides is 1. The highest BCUT2D eigenvalue weighted by Gasteiger charge is 2.20. The fourth-order valence-corrected chi connectivity index (χ4v) is 3.72. The number of carbonyl (C=O) groups excluding carboxylic acids is 1. The Kier molecular flexibility index (Phi) is 4.02. The predicted molar refractivity (Wildman–Crippen MR) is 92.4 cm³/mol. The topological polar surface area (TPSA) is 102 Å². The number of hydrogen-bond donors (Lipinski definition) is 3. The Morgan fingerprint density at radius 3 is 2.70 bits per heavy atom. The van der Waals surface area contributed by atoms with Crippen LogP contribution in [0.25, 0.3) is 10.2 Å². The monoisotopic (exact) mass is 327 g/mol. The smallest absolute Gasteiger partial charge is 0.260 e. The van der Waals surface area contributed by atoms with Gasteiger partial charge in [0.2, 0.25) is 0 Å². The van der Waals surface area contributed by atoms with Crippen molar-refractivity contribution in [3.63, 3.8) is 0 Å². The number of thiophene rings is 1. The van der Waals surface area contributed by atoms with Crippen molar-refractivity contribution >= 4 is 33.1 Å². The molecule has 0 aliphatic carbocycles. The van der Waals surface area contributed by atoms with E-state index in [1.807, 2.05) is 43.3 Å². The first kappa shape index (κ1) is 15.5. The van der Waals surface area contributed by atoms with Crippen LogP contribution in [0.4, 0.5) is 5.69 Å². The van der Waals surface area contributed by atoms with Crippen molar-refractivity contribution in [1.29, 1.82) is 0 Å². The van der Waals surface area contributed by atoms with E-state index in [4.69, 9.17) is 11.5 Å². The molecule has 0 saturated heterocycles. The van der Waals surface area contributed by atoms with Crippen LogP contribution in [0.3, 0.4) is 0 Å². The van der Waals surface area contributed by atoms with Crippen LogP contribution in [0.1, 0.15) is 32.6 Å². The summed E-state index contributed by atoms with van der Waals surface area (Å²) < 4.78 is 0. The molecule has 2 heterocycles. The molecule has 118 valence electrons. The minimum atomic E-state index is -0.655. The average molecular weight is 327 g/mol. The van der Waals surface area contributed by atoms with E-state index in [2.05, 4.69) is 4.98 Å². The van der Waals surface area contributed by atoms with Gasteiger partial charge in [-0.1, -0.05) is 30.3 Å². The van der Waals surface area contributed by atoms with Crippen molar-refractivity contribution < 1.29 is 9.90 Å². The SMILES string of the molecule is Cc1cc(CC(O)c2ccccc2)c2c(N)c(C(N)=O)sc2n1.